The van der Waals surface area contributed by atoms with Crippen LogP contribution in [0.1, 0.15) is 21.5 Å². The van der Waals surface area contributed by atoms with E-state index >= 15 is 0 Å². The van der Waals surface area contributed by atoms with Crippen molar-refractivity contribution in [2.24, 2.45) is 0 Å². The minimum Gasteiger partial charge on any atom is -0.487 e. The van der Waals surface area contributed by atoms with E-state index in [4.69, 9.17) is 21.4 Å². The molecule has 0 heterocycles. The van der Waals surface area contributed by atoms with Crippen molar-refractivity contribution in [3.05, 3.63) is 96.9 Å². The Morgan fingerprint density at radius 1 is 1.09 bits per heavy atom. The maximum Gasteiger partial charge on any atom is 0.335 e. The summed E-state index contributed by atoms with van der Waals surface area (Å²) in [4.78, 5) is 23.5. The number of carbonyl (C=O) groups is 2. The van der Waals surface area contributed by atoms with E-state index in [0.717, 1.165) is 5.56 Å². The number of nitriles is 1. The molecule has 6 nitrogen and oxygen atoms in total. The number of ether oxygens (including phenoxy) is 1. The van der Waals surface area contributed by atoms with Gasteiger partial charge in [0.1, 0.15) is 24.0 Å². The van der Waals surface area contributed by atoms with Gasteiger partial charge in [-0.05, 0) is 85.5 Å². The van der Waals surface area contributed by atoms with Crippen molar-refractivity contribution >= 4 is 67.1 Å². The number of nitrogens with one attached hydrogen (secondary N) is 1. The first-order valence-electron chi connectivity index (χ1n) is 9.40. The molecular formula is C24H15Br2ClN2O4. The van der Waals surface area contributed by atoms with Crippen LogP contribution in [0.15, 0.2) is 75.2 Å². The molecule has 1 amide bonds. The van der Waals surface area contributed by atoms with Crippen molar-refractivity contribution in [2.75, 3.05) is 5.32 Å². The van der Waals surface area contributed by atoms with E-state index < -0.39 is 11.9 Å². The molecule has 0 saturated carbocycles. The second-order valence-electron chi connectivity index (χ2n) is 6.71. The molecule has 33 heavy (non-hydrogen) atoms. The average molecular weight is 591 g/mol. The first-order chi connectivity index (χ1) is 15.8. The van der Waals surface area contributed by atoms with Gasteiger partial charge in [0.2, 0.25) is 0 Å². The fourth-order valence-corrected chi connectivity index (χ4v) is 4.40. The van der Waals surface area contributed by atoms with Crippen LogP contribution in [-0.2, 0) is 11.4 Å². The fraction of sp³-hybridized carbons (Fsp3) is 0.0417. The lowest BCUT2D eigenvalue weighted by Crippen LogP contribution is -2.13. The van der Waals surface area contributed by atoms with Gasteiger partial charge in [0.05, 0.1) is 25.2 Å². The van der Waals surface area contributed by atoms with Gasteiger partial charge in [-0.3, -0.25) is 4.79 Å². The van der Waals surface area contributed by atoms with Gasteiger partial charge >= 0.3 is 5.97 Å². The number of halogens is 3. The highest BCUT2D eigenvalue weighted by atomic mass is 79.9. The van der Waals surface area contributed by atoms with Crippen molar-refractivity contribution in [1.29, 1.82) is 5.26 Å². The van der Waals surface area contributed by atoms with Crippen LogP contribution in [0.4, 0.5) is 5.69 Å². The smallest absolute Gasteiger partial charge is 0.335 e. The molecule has 0 aliphatic heterocycles. The lowest BCUT2D eigenvalue weighted by Gasteiger charge is -2.12. The van der Waals surface area contributed by atoms with Crippen LogP contribution >= 0.6 is 43.5 Å². The number of carboxylic acid groups (broad SMARTS) is 1. The Hall–Kier alpha value is -3.12. The van der Waals surface area contributed by atoms with E-state index in [1.54, 1.807) is 48.5 Å². The molecule has 3 aromatic carbocycles. The zero-order chi connectivity index (χ0) is 24.0. The summed E-state index contributed by atoms with van der Waals surface area (Å²) in [6.45, 7) is 0.218. The summed E-state index contributed by atoms with van der Waals surface area (Å²) in [5.41, 5.74) is 1.90. The van der Waals surface area contributed by atoms with E-state index in [-0.39, 0.29) is 17.7 Å². The molecule has 0 radical (unpaired) electrons. The largest absolute Gasteiger partial charge is 0.487 e. The topological polar surface area (TPSA) is 99.4 Å². The summed E-state index contributed by atoms with van der Waals surface area (Å²) >= 11 is 13.0. The number of nitrogens with zero attached hydrogens (tertiary/aromatic N) is 1. The molecule has 0 aliphatic rings. The quantitative estimate of drug-likeness (QED) is 0.236. The van der Waals surface area contributed by atoms with Crippen molar-refractivity contribution in [3.63, 3.8) is 0 Å². The summed E-state index contributed by atoms with van der Waals surface area (Å²) < 4.78 is 7.07. The van der Waals surface area contributed by atoms with Crippen LogP contribution in [0.25, 0.3) is 6.08 Å². The Morgan fingerprint density at radius 3 is 2.30 bits per heavy atom. The first-order valence-corrected chi connectivity index (χ1v) is 11.4. The number of amides is 1. The predicted octanol–water partition coefficient (Wildman–Crippen LogP) is 6.69. The van der Waals surface area contributed by atoms with Crippen LogP contribution in [0.3, 0.4) is 0 Å². The summed E-state index contributed by atoms with van der Waals surface area (Å²) in [6, 6.07) is 18.5. The molecule has 0 aliphatic carbocycles. The van der Waals surface area contributed by atoms with Crippen molar-refractivity contribution in [2.45, 2.75) is 6.61 Å². The van der Waals surface area contributed by atoms with Crippen molar-refractivity contribution < 1.29 is 19.4 Å². The van der Waals surface area contributed by atoms with Gasteiger partial charge in [-0.25, -0.2) is 4.79 Å². The van der Waals surface area contributed by atoms with E-state index in [1.165, 1.54) is 18.2 Å². The number of aromatic carboxylic acids is 1. The highest BCUT2D eigenvalue weighted by Gasteiger charge is 2.14. The Balaban J connectivity index is 1.75. The van der Waals surface area contributed by atoms with Crippen LogP contribution < -0.4 is 10.1 Å². The lowest BCUT2D eigenvalue weighted by atomic mass is 10.1. The molecule has 0 spiro atoms. The number of carboxylic acids is 1. The third-order valence-electron chi connectivity index (χ3n) is 4.40. The Morgan fingerprint density at radius 2 is 1.73 bits per heavy atom. The number of rotatable bonds is 7. The molecule has 0 aromatic heterocycles. The third-order valence-corrected chi connectivity index (χ3v) is 5.91. The molecule has 9 heteroatoms. The van der Waals surface area contributed by atoms with Gasteiger partial charge < -0.3 is 15.2 Å². The predicted molar refractivity (Wildman–Crippen MR) is 133 cm³/mol. The third kappa shape index (κ3) is 6.45. The SMILES string of the molecule is N#C/C(=C\c1cc(Br)c(OCc2ccc(C(=O)O)cc2)c(Br)c1)C(=O)Nc1ccccc1Cl. The number of para-hydroxylation sites is 1. The van der Waals surface area contributed by atoms with Gasteiger partial charge in [0.25, 0.3) is 5.91 Å². The van der Waals surface area contributed by atoms with Gasteiger partial charge in [-0.15, -0.1) is 0 Å². The van der Waals surface area contributed by atoms with Gasteiger partial charge in [-0.1, -0.05) is 35.9 Å². The highest BCUT2D eigenvalue weighted by molar-refractivity contribution is 9.11. The first kappa shape index (κ1) is 24.5. The molecule has 166 valence electrons. The average Bonchev–Trinajstić information content (AvgIpc) is 2.78. The Kier molecular flexibility index (Phi) is 8.28. The molecular weight excluding hydrogens is 576 g/mol. The second kappa shape index (κ2) is 11.1. The number of hydrogen-bond acceptors (Lipinski definition) is 4. The molecule has 0 atom stereocenters. The minimum atomic E-state index is -0.992. The highest BCUT2D eigenvalue weighted by Crippen LogP contribution is 2.36. The Bertz CT molecular complexity index is 1260. The molecule has 3 rings (SSSR count). The standard InChI is InChI=1S/C24H15Br2ClN2O4/c25-18-10-15(9-17(12-28)23(30)29-21-4-2-1-3-20(21)27)11-19(26)22(18)33-13-14-5-7-16(8-6-14)24(31)32/h1-11H,13H2,(H,29,30)(H,31,32)/b17-9+. The number of benzene rings is 3. The summed E-state index contributed by atoms with van der Waals surface area (Å²) in [5, 5.41) is 21.4. The van der Waals surface area contributed by atoms with E-state index in [0.29, 0.717) is 31.0 Å². The van der Waals surface area contributed by atoms with E-state index in [1.807, 2.05) is 6.07 Å². The summed E-state index contributed by atoms with van der Waals surface area (Å²) in [6.07, 6.45) is 1.45. The van der Waals surface area contributed by atoms with Crippen LogP contribution in [0.2, 0.25) is 5.02 Å². The van der Waals surface area contributed by atoms with Gasteiger partial charge in [0.15, 0.2) is 0 Å². The van der Waals surface area contributed by atoms with E-state index in [2.05, 4.69) is 37.2 Å². The Labute approximate surface area is 211 Å². The van der Waals surface area contributed by atoms with Crippen LogP contribution in [0, 0.1) is 11.3 Å². The summed E-state index contributed by atoms with van der Waals surface area (Å²) in [5.74, 6) is -1.05. The molecule has 0 saturated heterocycles. The maximum absolute atomic E-state index is 12.5. The number of hydrogen-bond donors (Lipinski definition) is 2. The lowest BCUT2D eigenvalue weighted by molar-refractivity contribution is -0.112. The normalized spacial score (nSPS) is 10.9. The maximum atomic E-state index is 12.5. The van der Waals surface area contributed by atoms with Gasteiger partial charge in [-0.2, -0.15) is 5.26 Å². The summed E-state index contributed by atoms with van der Waals surface area (Å²) in [7, 11) is 0. The number of anilines is 1. The van der Waals surface area contributed by atoms with E-state index in [9.17, 15) is 14.9 Å². The van der Waals surface area contributed by atoms with Crippen molar-refractivity contribution in [1.82, 2.24) is 0 Å². The molecule has 0 unspecified atom stereocenters. The second-order valence-corrected chi connectivity index (χ2v) is 8.82. The minimum absolute atomic E-state index is 0.0964. The van der Waals surface area contributed by atoms with Crippen LogP contribution in [-0.4, -0.2) is 17.0 Å². The zero-order valence-electron chi connectivity index (χ0n) is 16.8. The molecule has 3 aromatic rings. The van der Waals surface area contributed by atoms with Crippen LogP contribution in [0.5, 0.6) is 5.75 Å². The number of carbonyl (C=O) groups excluding carboxylic acids is 1. The zero-order valence-corrected chi connectivity index (χ0v) is 20.7. The molecule has 0 fully saturated rings. The molecule has 0 bridgehead atoms. The monoisotopic (exact) mass is 588 g/mol. The van der Waals surface area contributed by atoms with Crippen molar-refractivity contribution in [3.8, 4) is 11.8 Å². The molecule has 2 N–H and O–H groups in total. The van der Waals surface area contributed by atoms with Gasteiger partial charge in [0, 0.05) is 0 Å². The fourth-order valence-electron chi connectivity index (χ4n) is 2.77.